The van der Waals surface area contributed by atoms with Gasteiger partial charge in [-0.3, -0.25) is 0 Å². The molecule has 1 rings (SSSR count). The highest BCUT2D eigenvalue weighted by molar-refractivity contribution is 7.89. The van der Waals surface area contributed by atoms with Crippen LogP contribution in [0.4, 0.5) is 11.4 Å². The Bertz CT molecular complexity index is 417. The summed E-state index contributed by atoms with van der Waals surface area (Å²) >= 11 is 0. The van der Waals surface area contributed by atoms with Gasteiger partial charge >= 0.3 is 0 Å². The second-order valence-electron chi connectivity index (χ2n) is 3.04. The first-order valence-electron chi connectivity index (χ1n) is 4.55. The van der Waals surface area contributed by atoms with E-state index in [1.807, 2.05) is 12.1 Å². The first kappa shape index (κ1) is 11.8. The first-order valence-corrected chi connectivity index (χ1v) is 6.20. The number of nitrogens with two attached hydrogens (primary N) is 1. The van der Waals surface area contributed by atoms with Crippen molar-refractivity contribution in [1.29, 1.82) is 0 Å². The van der Waals surface area contributed by atoms with Crippen molar-refractivity contribution in [2.24, 2.45) is 0 Å². The molecule has 0 fully saturated rings. The van der Waals surface area contributed by atoms with Gasteiger partial charge < -0.3 is 11.1 Å². The van der Waals surface area contributed by atoms with E-state index in [0.717, 1.165) is 5.69 Å². The van der Waals surface area contributed by atoms with Crippen molar-refractivity contribution in [1.82, 2.24) is 4.72 Å². The van der Waals surface area contributed by atoms with Crippen molar-refractivity contribution < 1.29 is 8.42 Å². The predicted molar refractivity (Wildman–Crippen MR) is 62.2 cm³/mol. The van der Waals surface area contributed by atoms with E-state index in [1.165, 1.54) is 7.05 Å². The lowest BCUT2D eigenvalue weighted by atomic mass is 10.3. The van der Waals surface area contributed by atoms with Crippen LogP contribution in [-0.2, 0) is 10.0 Å². The van der Waals surface area contributed by atoms with E-state index in [0.29, 0.717) is 12.2 Å². The van der Waals surface area contributed by atoms with Crippen molar-refractivity contribution in [3.63, 3.8) is 0 Å². The zero-order valence-corrected chi connectivity index (χ0v) is 9.34. The maximum atomic E-state index is 11.1. The van der Waals surface area contributed by atoms with Crippen molar-refractivity contribution >= 4 is 21.4 Å². The normalized spacial score (nSPS) is 11.3. The molecule has 0 saturated carbocycles. The number of hydrogen-bond acceptors (Lipinski definition) is 4. The molecule has 0 radical (unpaired) electrons. The molecule has 0 spiro atoms. The summed E-state index contributed by atoms with van der Waals surface area (Å²) in [5, 5.41) is 2.96. The van der Waals surface area contributed by atoms with Gasteiger partial charge in [-0.25, -0.2) is 13.1 Å². The molecule has 6 heteroatoms. The molecular formula is C9H15N3O2S. The van der Waals surface area contributed by atoms with Crippen LogP contribution < -0.4 is 15.8 Å². The Hall–Kier alpha value is -1.27. The average molecular weight is 229 g/mol. The molecule has 0 heterocycles. The highest BCUT2D eigenvalue weighted by Crippen LogP contribution is 2.15. The average Bonchev–Trinajstić information content (AvgIpc) is 2.21. The molecule has 84 valence electrons. The fraction of sp³-hybridized carbons (Fsp3) is 0.333. The Morgan fingerprint density at radius 3 is 2.60 bits per heavy atom. The summed E-state index contributed by atoms with van der Waals surface area (Å²) in [6.07, 6.45) is 0. The van der Waals surface area contributed by atoms with Gasteiger partial charge in [0.1, 0.15) is 0 Å². The Labute approximate surface area is 89.7 Å². The number of hydrogen-bond donors (Lipinski definition) is 3. The van der Waals surface area contributed by atoms with E-state index in [9.17, 15) is 8.42 Å². The minimum Gasteiger partial charge on any atom is -0.397 e. The molecule has 0 aliphatic heterocycles. The monoisotopic (exact) mass is 229 g/mol. The molecule has 1 aromatic carbocycles. The van der Waals surface area contributed by atoms with Gasteiger partial charge in [0, 0.05) is 6.54 Å². The fourth-order valence-electron chi connectivity index (χ4n) is 1.08. The van der Waals surface area contributed by atoms with Gasteiger partial charge in [0.15, 0.2) is 0 Å². The quantitative estimate of drug-likeness (QED) is 0.631. The molecule has 5 nitrogen and oxygen atoms in total. The van der Waals surface area contributed by atoms with E-state index in [-0.39, 0.29) is 5.75 Å². The van der Waals surface area contributed by atoms with E-state index in [2.05, 4.69) is 10.0 Å². The van der Waals surface area contributed by atoms with Gasteiger partial charge in [-0.15, -0.1) is 0 Å². The zero-order valence-electron chi connectivity index (χ0n) is 8.53. The number of anilines is 2. The third-order valence-corrected chi connectivity index (χ3v) is 3.32. The molecule has 4 N–H and O–H groups in total. The topological polar surface area (TPSA) is 84.2 Å². The van der Waals surface area contributed by atoms with Crippen molar-refractivity contribution in [2.75, 3.05) is 30.4 Å². The second-order valence-corrected chi connectivity index (χ2v) is 5.08. The van der Waals surface area contributed by atoms with Gasteiger partial charge in [0.25, 0.3) is 0 Å². The van der Waals surface area contributed by atoms with Gasteiger partial charge in [0.05, 0.1) is 17.1 Å². The van der Waals surface area contributed by atoms with Crippen molar-refractivity contribution in [2.45, 2.75) is 0 Å². The lowest BCUT2D eigenvalue weighted by Crippen LogP contribution is -2.26. The van der Waals surface area contributed by atoms with Gasteiger partial charge in [-0.2, -0.15) is 0 Å². The Morgan fingerprint density at radius 1 is 1.33 bits per heavy atom. The van der Waals surface area contributed by atoms with Crippen LogP contribution in [-0.4, -0.2) is 27.8 Å². The molecule has 15 heavy (non-hydrogen) atoms. The standard InChI is InChI=1S/C9H15N3O2S/c1-11-15(13,14)7-6-12-9-5-3-2-4-8(9)10/h2-5,11-12H,6-7,10H2,1H3. The lowest BCUT2D eigenvalue weighted by Gasteiger charge is -2.08. The maximum absolute atomic E-state index is 11.1. The van der Waals surface area contributed by atoms with Crippen LogP contribution >= 0.6 is 0 Å². The number of nitrogen functional groups attached to an aromatic ring is 1. The van der Waals surface area contributed by atoms with E-state index in [1.54, 1.807) is 12.1 Å². The maximum Gasteiger partial charge on any atom is 0.213 e. The zero-order chi connectivity index (χ0) is 11.3. The summed E-state index contributed by atoms with van der Waals surface area (Å²) < 4.78 is 24.4. The fourth-order valence-corrected chi connectivity index (χ4v) is 1.66. The summed E-state index contributed by atoms with van der Waals surface area (Å²) in [6.45, 7) is 0.331. The van der Waals surface area contributed by atoms with Crippen molar-refractivity contribution in [3.05, 3.63) is 24.3 Å². The Kier molecular flexibility index (Phi) is 3.93. The third kappa shape index (κ3) is 3.77. The largest absolute Gasteiger partial charge is 0.397 e. The number of nitrogens with one attached hydrogen (secondary N) is 2. The van der Waals surface area contributed by atoms with E-state index in [4.69, 9.17) is 5.73 Å². The molecule has 0 amide bonds. The van der Waals surface area contributed by atoms with Crippen LogP contribution in [0.1, 0.15) is 0 Å². The molecular weight excluding hydrogens is 214 g/mol. The summed E-state index contributed by atoms with van der Waals surface area (Å²) in [5.74, 6) is 0.0256. The Balaban J connectivity index is 2.49. The molecule has 0 unspecified atom stereocenters. The number of sulfonamides is 1. The van der Waals surface area contributed by atoms with Crippen LogP contribution in [0.15, 0.2) is 24.3 Å². The number of rotatable bonds is 5. The van der Waals surface area contributed by atoms with Crippen LogP contribution in [0.3, 0.4) is 0 Å². The van der Waals surface area contributed by atoms with Crippen LogP contribution in [0, 0.1) is 0 Å². The summed E-state index contributed by atoms with van der Waals surface area (Å²) in [7, 11) is -1.76. The van der Waals surface area contributed by atoms with Crippen molar-refractivity contribution in [3.8, 4) is 0 Å². The number of para-hydroxylation sites is 2. The van der Waals surface area contributed by atoms with Crippen LogP contribution in [0.2, 0.25) is 0 Å². The molecule has 0 aliphatic carbocycles. The van der Waals surface area contributed by atoms with Gasteiger partial charge in [-0.1, -0.05) is 12.1 Å². The van der Waals surface area contributed by atoms with Crippen LogP contribution in [0.5, 0.6) is 0 Å². The molecule has 0 saturated heterocycles. The molecule has 0 atom stereocenters. The van der Waals surface area contributed by atoms with E-state index >= 15 is 0 Å². The minimum absolute atomic E-state index is 0.0256. The number of benzene rings is 1. The van der Waals surface area contributed by atoms with Gasteiger partial charge in [0.2, 0.25) is 10.0 Å². The molecule has 0 aromatic heterocycles. The molecule has 0 bridgehead atoms. The second kappa shape index (κ2) is 4.99. The predicted octanol–water partition coefficient (Wildman–Crippen LogP) is 0.230. The highest BCUT2D eigenvalue weighted by atomic mass is 32.2. The summed E-state index contributed by atoms with van der Waals surface area (Å²) in [4.78, 5) is 0. The van der Waals surface area contributed by atoms with Gasteiger partial charge in [-0.05, 0) is 19.2 Å². The first-order chi connectivity index (χ1) is 7.05. The minimum atomic E-state index is -3.16. The third-order valence-electron chi connectivity index (χ3n) is 1.96. The highest BCUT2D eigenvalue weighted by Gasteiger charge is 2.06. The molecule has 1 aromatic rings. The summed E-state index contributed by atoms with van der Waals surface area (Å²) in [6, 6.07) is 7.23. The lowest BCUT2D eigenvalue weighted by molar-refractivity contribution is 0.588. The van der Waals surface area contributed by atoms with Crippen LogP contribution in [0.25, 0.3) is 0 Å². The Morgan fingerprint density at radius 2 is 2.00 bits per heavy atom. The SMILES string of the molecule is CNS(=O)(=O)CCNc1ccccc1N. The van der Waals surface area contributed by atoms with E-state index < -0.39 is 10.0 Å². The smallest absolute Gasteiger partial charge is 0.213 e. The molecule has 0 aliphatic rings. The summed E-state index contributed by atoms with van der Waals surface area (Å²) in [5.41, 5.74) is 7.04.